The molecule has 0 saturated carbocycles. The molecule has 154 valence electrons. The Labute approximate surface area is 183 Å². The second-order valence-electron chi connectivity index (χ2n) is 7.54. The summed E-state index contributed by atoms with van der Waals surface area (Å²) in [6.45, 7) is 6.15. The van der Waals surface area contributed by atoms with Crippen molar-refractivity contribution in [2.75, 3.05) is 17.2 Å². The van der Waals surface area contributed by atoms with Gasteiger partial charge >= 0.3 is 0 Å². The lowest BCUT2D eigenvalue weighted by molar-refractivity contribution is -0.111. The summed E-state index contributed by atoms with van der Waals surface area (Å²) in [6.07, 6.45) is 1.24. The first-order valence-corrected chi connectivity index (χ1v) is 10.8. The molecular formula is C24H20N4O2S. The molecule has 31 heavy (non-hydrogen) atoms. The molecule has 0 radical (unpaired) electrons. The van der Waals surface area contributed by atoms with E-state index >= 15 is 0 Å². The largest absolute Gasteiger partial charge is 0.381 e. The maximum Gasteiger partial charge on any atom is 0.263 e. The van der Waals surface area contributed by atoms with E-state index in [-0.39, 0.29) is 17.9 Å². The average molecular weight is 429 g/mol. The number of thiophene rings is 1. The van der Waals surface area contributed by atoms with Gasteiger partial charge in [0.15, 0.2) is 0 Å². The van der Waals surface area contributed by atoms with Crippen molar-refractivity contribution in [1.29, 1.82) is 0 Å². The van der Waals surface area contributed by atoms with Crippen molar-refractivity contribution >= 4 is 55.5 Å². The van der Waals surface area contributed by atoms with Crippen molar-refractivity contribution in [1.82, 2.24) is 10.3 Å². The molecular weight excluding hydrogens is 408 g/mol. The van der Waals surface area contributed by atoms with Crippen molar-refractivity contribution in [3.63, 3.8) is 0 Å². The molecule has 0 spiro atoms. The maximum atomic E-state index is 12.6. The van der Waals surface area contributed by atoms with Crippen molar-refractivity contribution in [2.45, 2.75) is 13.0 Å². The molecule has 3 N–H and O–H groups in total. The Kier molecular flexibility index (Phi) is 4.67. The second kappa shape index (κ2) is 7.52. The van der Waals surface area contributed by atoms with Gasteiger partial charge in [-0.15, -0.1) is 11.3 Å². The molecule has 0 fully saturated rings. The van der Waals surface area contributed by atoms with E-state index in [0.29, 0.717) is 17.1 Å². The van der Waals surface area contributed by atoms with E-state index in [1.54, 1.807) is 0 Å². The van der Waals surface area contributed by atoms with Gasteiger partial charge in [0.1, 0.15) is 4.88 Å². The van der Waals surface area contributed by atoms with Crippen LogP contribution in [0.5, 0.6) is 0 Å². The number of pyridine rings is 1. The van der Waals surface area contributed by atoms with Crippen LogP contribution in [0.25, 0.3) is 32.2 Å². The zero-order valence-corrected chi connectivity index (χ0v) is 17.7. The highest BCUT2D eigenvalue weighted by Gasteiger charge is 2.24. The van der Waals surface area contributed by atoms with Gasteiger partial charge in [0.2, 0.25) is 5.91 Å². The van der Waals surface area contributed by atoms with E-state index in [9.17, 15) is 9.59 Å². The lowest BCUT2D eigenvalue weighted by Crippen LogP contribution is -2.34. The number of aromatic nitrogens is 1. The number of benzene rings is 2. The highest BCUT2D eigenvalue weighted by Crippen LogP contribution is 2.41. The number of hydrogen-bond acceptors (Lipinski definition) is 5. The number of amides is 2. The van der Waals surface area contributed by atoms with Crippen molar-refractivity contribution in [2.24, 2.45) is 0 Å². The predicted octanol–water partition coefficient (Wildman–Crippen LogP) is 4.78. The number of rotatable bonds is 3. The number of nitrogens with one attached hydrogen (secondary N) is 3. The fourth-order valence-corrected chi connectivity index (χ4v) is 4.93. The third-order valence-corrected chi connectivity index (χ3v) is 6.46. The number of carbonyl (C=O) groups is 2. The van der Waals surface area contributed by atoms with Crippen LogP contribution >= 0.6 is 11.3 Å². The molecule has 2 aromatic heterocycles. The molecule has 1 aliphatic rings. The number of fused-ring (bicyclic) bond motifs is 5. The maximum absolute atomic E-state index is 12.6. The third kappa shape index (κ3) is 3.43. The first-order valence-electron chi connectivity index (χ1n) is 9.98. The van der Waals surface area contributed by atoms with E-state index in [1.807, 2.05) is 49.4 Å². The topological polar surface area (TPSA) is 83.1 Å². The summed E-state index contributed by atoms with van der Waals surface area (Å²) in [5, 5.41) is 11.3. The lowest BCUT2D eigenvalue weighted by Gasteiger charge is -2.10. The quantitative estimate of drug-likeness (QED) is 0.410. The summed E-state index contributed by atoms with van der Waals surface area (Å²) in [6, 6.07) is 15.6. The van der Waals surface area contributed by atoms with Crippen LogP contribution < -0.4 is 16.0 Å². The summed E-state index contributed by atoms with van der Waals surface area (Å²) >= 11 is 1.50. The van der Waals surface area contributed by atoms with Gasteiger partial charge in [-0.3, -0.25) is 9.59 Å². The minimum atomic E-state index is -0.255. The van der Waals surface area contributed by atoms with E-state index in [2.05, 4.69) is 28.6 Å². The molecule has 0 aliphatic carbocycles. The number of anilines is 2. The SMILES string of the molecule is C=CC(=O)Nc1cccc(-c2ccc3c(ccc4sc5c(c43)NCC(C)NC5=O)n2)c1. The van der Waals surface area contributed by atoms with Crippen LogP contribution in [0.3, 0.4) is 0 Å². The predicted molar refractivity (Wildman–Crippen MR) is 127 cm³/mol. The summed E-state index contributed by atoms with van der Waals surface area (Å²) in [5.41, 5.74) is 4.13. The Morgan fingerprint density at radius 3 is 2.97 bits per heavy atom. The summed E-state index contributed by atoms with van der Waals surface area (Å²) in [7, 11) is 0. The van der Waals surface area contributed by atoms with Crippen molar-refractivity contribution < 1.29 is 9.59 Å². The molecule has 1 aliphatic heterocycles. The van der Waals surface area contributed by atoms with Gasteiger partial charge in [-0.05, 0) is 49.4 Å². The highest BCUT2D eigenvalue weighted by molar-refractivity contribution is 7.21. The lowest BCUT2D eigenvalue weighted by atomic mass is 10.1. The monoisotopic (exact) mass is 428 g/mol. The Hall–Kier alpha value is -3.71. The van der Waals surface area contributed by atoms with Crippen LogP contribution in [0.15, 0.2) is 61.2 Å². The van der Waals surface area contributed by atoms with Gasteiger partial charge in [0.25, 0.3) is 5.91 Å². The van der Waals surface area contributed by atoms with Gasteiger partial charge in [0.05, 0.1) is 16.9 Å². The number of carbonyl (C=O) groups excluding carboxylic acids is 2. The first kappa shape index (κ1) is 19.3. The van der Waals surface area contributed by atoms with Crippen LogP contribution in [0.4, 0.5) is 11.4 Å². The van der Waals surface area contributed by atoms with E-state index < -0.39 is 0 Å². The minimum absolute atomic E-state index is 0.0372. The molecule has 1 unspecified atom stereocenters. The van der Waals surface area contributed by atoms with Gasteiger partial charge < -0.3 is 16.0 Å². The average Bonchev–Trinajstić information content (AvgIpc) is 3.10. The number of nitrogens with zero attached hydrogens (tertiary/aromatic N) is 1. The molecule has 4 aromatic rings. The fourth-order valence-electron chi connectivity index (χ4n) is 3.84. The zero-order valence-electron chi connectivity index (χ0n) is 16.9. The van der Waals surface area contributed by atoms with Gasteiger partial charge in [-0.1, -0.05) is 18.7 Å². The summed E-state index contributed by atoms with van der Waals surface area (Å²) in [4.78, 5) is 29.8. The molecule has 0 bridgehead atoms. The van der Waals surface area contributed by atoms with E-state index in [4.69, 9.17) is 4.98 Å². The van der Waals surface area contributed by atoms with Crippen LogP contribution in [0, 0.1) is 0 Å². The van der Waals surface area contributed by atoms with Gasteiger partial charge in [0, 0.05) is 39.3 Å². The van der Waals surface area contributed by atoms with E-state index in [1.165, 1.54) is 17.4 Å². The molecule has 2 amide bonds. The zero-order chi connectivity index (χ0) is 21.5. The van der Waals surface area contributed by atoms with Crippen molar-refractivity contribution in [3.8, 4) is 11.3 Å². The highest BCUT2D eigenvalue weighted by atomic mass is 32.1. The molecule has 6 nitrogen and oxygen atoms in total. The van der Waals surface area contributed by atoms with Gasteiger partial charge in [-0.25, -0.2) is 4.98 Å². The molecule has 3 heterocycles. The van der Waals surface area contributed by atoms with Gasteiger partial charge in [-0.2, -0.15) is 0 Å². The smallest absolute Gasteiger partial charge is 0.263 e. The summed E-state index contributed by atoms with van der Waals surface area (Å²) in [5.74, 6) is -0.292. The Morgan fingerprint density at radius 1 is 1.26 bits per heavy atom. The summed E-state index contributed by atoms with van der Waals surface area (Å²) < 4.78 is 1.05. The molecule has 7 heteroatoms. The third-order valence-electron chi connectivity index (χ3n) is 5.30. The van der Waals surface area contributed by atoms with Crippen LogP contribution in [0.1, 0.15) is 16.6 Å². The molecule has 1 atom stereocenters. The second-order valence-corrected chi connectivity index (χ2v) is 8.59. The normalized spacial score (nSPS) is 15.6. The van der Waals surface area contributed by atoms with Crippen LogP contribution in [0.2, 0.25) is 0 Å². The molecule has 2 aromatic carbocycles. The van der Waals surface area contributed by atoms with Crippen molar-refractivity contribution in [3.05, 3.63) is 66.1 Å². The fraction of sp³-hybridized carbons (Fsp3) is 0.125. The first-order chi connectivity index (χ1) is 15.0. The minimum Gasteiger partial charge on any atom is -0.381 e. The standard InChI is InChI=1S/C24H20N4O2S/c1-3-20(29)27-15-6-4-5-14(11-15)17-8-7-16-18(28-17)9-10-19-21(16)22-23(31-19)24(30)26-13(2)12-25-22/h3-11,13,25H,1,12H2,2H3,(H,26,30)(H,27,29). The Balaban J connectivity index is 1.61. The number of hydrogen-bond donors (Lipinski definition) is 3. The van der Waals surface area contributed by atoms with Crippen LogP contribution in [-0.2, 0) is 4.79 Å². The van der Waals surface area contributed by atoms with Crippen LogP contribution in [-0.4, -0.2) is 29.4 Å². The van der Waals surface area contributed by atoms with E-state index in [0.717, 1.165) is 37.9 Å². The molecule has 0 saturated heterocycles. The molecule has 5 rings (SSSR count). The Bertz CT molecular complexity index is 1380. The Morgan fingerprint density at radius 2 is 2.13 bits per heavy atom.